The average molecular weight is 204 g/mol. The van der Waals surface area contributed by atoms with Gasteiger partial charge in [-0.05, 0) is 6.42 Å². The minimum Gasteiger partial charge on any atom is -0.466 e. The summed E-state index contributed by atoms with van der Waals surface area (Å²) in [6.07, 6.45) is 5.15. The van der Waals surface area contributed by atoms with Crippen molar-refractivity contribution in [3.8, 4) is 0 Å². The van der Waals surface area contributed by atoms with Crippen LogP contribution in [0.2, 0.25) is 0 Å². The molecule has 14 heavy (non-hydrogen) atoms. The molecule has 0 radical (unpaired) electrons. The van der Waals surface area contributed by atoms with Crippen LogP contribution >= 0.6 is 0 Å². The van der Waals surface area contributed by atoms with Gasteiger partial charge in [0.1, 0.15) is 0 Å². The van der Waals surface area contributed by atoms with Crippen molar-refractivity contribution in [3.05, 3.63) is 0 Å². The Bertz CT molecular complexity index is 113. The Kier molecular flexibility index (Phi) is 16.9. The van der Waals surface area contributed by atoms with E-state index in [1.165, 1.54) is 19.3 Å². The number of carbonyl (C=O) groups excluding carboxylic acids is 1. The van der Waals surface area contributed by atoms with Gasteiger partial charge in [0.2, 0.25) is 0 Å². The fraction of sp³-hybridized carbons (Fsp3) is 0.909. The maximum atomic E-state index is 10.6. The molecule has 0 heterocycles. The van der Waals surface area contributed by atoms with Gasteiger partial charge in [-0.2, -0.15) is 0 Å². The van der Waals surface area contributed by atoms with E-state index in [1.807, 2.05) is 6.92 Å². The summed E-state index contributed by atoms with van der Waals surface area (Å²) in [7, 11) is 3.25. The summed E-state index contributed by atoms with van der Waals surface area (Å²) in [4.78, 5) is 10.6. The molecule has 0 saturated heterocycles. The highest BCUT2D eigenvalue weighted by Crippen LogP contribution is 1.99. The Morgan fingerprint density at radius 1 is 1.07 bits per heavy atom. The van der Waals surface area contributed by atoms with E-state index in [4.69, 9.17) is 4.74 Å². The molecule has 0 aromatic heterocycles. The first-order chi connectivity index (χ1) is 6.72. The SMILES string of the molecule is CCCCCCOC(=O)CC.COC. The third-order valence-corrected chi connectivity index (χ3v) is 1.55. The zero-order valence-electron chi connectivity index (χ0n) is 9.97. The van der Waals surface area contributed by atoms with E-state index in [9.17, 15) is 4.79 Å². The summed E-state index contributed by atoms with van der Waals surface area (Å²) in [5.41, 5.74) is 0. The van der Waals surface area contributed by atoms with Crippen molar-refractivity contribution in [2.45, 2.75) is 46.0 Å². The van der Waals surface area contributed by atoms with Crippen molar-refractivity contribution in [2.24, 2.45) is 0 Å². The van der Waals surface area contributed by atoms with Gasteiger partial charge < -0.3 is 9.47 Å². The van der Waals surface area contributed by atoms with Crippen molar-refractivity contribution in [3.63, 3.8) is 0 Å². The second-order valence-corrected chi connectivity index (χ2v) is 3.04. The Balaban J connectivity index is 0. The number of hydrogen-bond acceptors (Lipinski definition) is 3. The van der Waals surface area contributed by atoms with Gasteiger partial charge in [0.05, 0.1) is 6.61 Å². The molecule has 0 rings (SSSR count). The van der Waals surface area contributed by atoms with Gasteiger partial charge in [-0.15, -0.1) is 0 Å². The van der Waals surface area contributed by atoms with Crippen LogP contribution in [-0.4, -0.2) is 26.8 Å². The van der Waals surface area contributed by atoms with Gasteiger partial charge in [-0.1, -0.05) is 33.1 Å². The van der Waals surface area contributed by atoms with Gasteiger partial charge in [0.25, 0.3) is 0 Å². The van der Waals surface area contributed by atoms with E-state index in [1.54, 1.807) is 14.2 Å². The first kappa shape index (κ1) is 15.9. The summed E-state index contributed by atoms with van der Waals surface area (Å²) < 4.78 is 9.15. The number of methoxy groups -OCH3 is 1. The maximum absolute atomic E-state index is 10.6. The lowest BCUT2D eigenvalue weighted by molar-refractivity contribution is -0.143. The highest BCUT2D eigenvalue weighted by atomic mass is 16.5. The van der Waals surface area contributed by atoms with Crippen LogP contribution in [-0.2, 0) is 14.3 Å². The second kappa shape index (κ2) is 14.9. The van der Waals surface area contributed by atoms with Crippen LogP contribution in [0.25, 0.3) is 0 Å². The molecule has 0 aromatic rings. The van der Waals surface area contributed by atoms with Gasteiger partial charge >= 0.3 is 5.97 Å². The fourth-order valence-electron chi connectivity index (χ4n) is 0.817. The molecule has 0 spiro atoms. The molecule has 3 nitrogen and oxygen atoms in total. The fourth-order valence-corrected chi connectivity index (χ4v) is 0.817. The number of carbonyl (C=O) groups is 1. The molecule has 0 saturated carbocycles. The lowest BCUT2D eigenvalue weighted by atomic mass is 10.2. The Morgan fingerprint density at radius 3 is 2.07 bits per heavy atom. The Hall–Kier alpha value is -0.570. The Labute approximate surface area is 87.8 Å². The molecule has 0 aliphatic carbocycles. The third-order valence-electron chi connectivity index (χ3n) is 1.55. The average Bonchev–Trinajstić information content (AvgIpc) is 2.18. The minimum absolute atomic E-state index is 0.0819. The molecule has 3 heteroatoms. The molecule has 0 aromatic carbocycles. The lowest BCUT2D eigenvalue weighted by Gasteiger charge is -2.01. The molecule has 0 atom stereocenters. The number of unbranched alkanes of at least 4 members (excludes halogenated alkanes) is 3. The second-order valence-electron chi connectivity index (χ2n) is 3.04. The molecule has 0 aliphatic rings. The van der Waals surface area contributed by atoms with Gasteiger partial charge in [0.15, 0.2) is 0 Å². The van der Waals surface area contributed by atoms with Crippen LogP contribution in [0.1, 0.15) is 46.0 Å². The number of esters is 1. The van der Waals surface area contributed by atoms with E-state index >= 15 is 0 Å². The zero-order valence-corrected chi connectivity index (χ0v) is 9.97. The van der Waals surface area contributed by atoms with Crippen LogP contribution in [0.4, 0.5) is 0 Å². The number of ether oxygens (including phenoxy) is 2. The van der Waals surface area contributed by atoms with Crippen molar-refractivity contribution in [1.29, 1.82) is 0 Å². The quantitative estimate of drug-likeness (QED) is 0.493. The monoisotopic (exact) mass is 204 g/mol. The van der Waals surface area contributed by atoms with Crippen LogP contribution in [0.5, 0.6) is 0 Å². The molecular weight excluding hydrogens is 180 g/mol. The van der Waals surface area contributed by atoms with E-state index < -0.39 is 0 Å². The third kappa shape index (κ3) is 17.5. The van der Waals surface area contributed by atoms with Crippen molar-refractivity contribution < 1.29 is 14.3 Å². The largest absolute Gasteiger partial charge is 0.466 e. The van der Waals surface area contributed by atoms with E-state index in [-0.39, 0.29) is 5.97 Å². The maximum Gasteiger partial charge on any atom is 0.305 e. The molecule has 0 aliphatic heterocycles. The van der Waals surface area contributed by atoms with Gasteiger partial charge in [-0.3, -0.25) is 4.79 Å². The minimum atomic E-state index is -0.0819. The molecular formula is C11H24O3. The van der Waals surface area contributed by atoms with Crippen molar-refractivity contribution in [2.75, 3.05) is 20.8 Å². The highest BCUT2D eigenvalue weighted by Gasteiger charge is 1.95. The molecule has 0 amide bonds. The summed E-state index contributed by atoms with van der Waals surface area (Å²) in [5.74, 6) is -0.0819. The van der Waals surface area contributed by atoms with Crippen molar-refractivity contribution >= 4 is 5.97 Å². The van der Waals surface area contributed by atoms with Crippen molar-refractivity contribution in [1.82, 2.24) is 0 Å². The zero-order chi connectivity index (χ0) is 11.2. The van der Waals surface area contributed by atoms with Gasteiger partial charge in [-0.25, -0.2) is 0 Å². The Morgan fingerprint density at radius 2 is 1.64 bits per heavy atom. The highest BCUT2D eigenvalue weighted by molar-refractivity contribution is 5.68. The van der Waals surface area contributed by atoms with Crippen LogP contribution in [0.15, 0.2) is 0 Å². The standard InChI is InChI=1S/C9H18O2.C2H6O/c1-3-5-6-7-8-11-9(10)4-2;1-3-2/h3-8H2,1-2H3;1-2H3. The predicted molar refractivity (Wildman–Crippen MR) is 58.3 cm³/mol. The van der Waals surface area contributed by atoms with Gasteiger partial charge in [0, 0.05) is 20.6 Å². The summed E-state index contributed by atoms with van der Waals surface area (Å²) in [6, 6.07) is 0. The normalized spacial score (nSPS) is 8.86. The molecule has 86 valence electrons. The van der Waals surface area contributed by atoms with Crippen LogP contribution in [0, 0.1) is 0 Å². The van der Waals surface area contributed by atoms with E-state index in [0.29, 0.717) is 13.0 Å². The topological polar surface area (TPSA) is 35.5 Å². The van der Waals surface area contributed by atoms with E-state index in [2.05, 4.69) is 11.7 Å². The number of hydrogen-bond donors (Lipinski definition) is 0. The van der Waals surface area contributed by atoms with Crippen LogP contribution < -0.4 is 0 Å². The summed E-state index contributed by atoms with van der Waals surface area (Å²) in [6.45, 7) is 4.58. The first-order valence-corrected chi connectivity index (χ1v) is 5.28. The first-order valence-electron chi connectivity index (χ1n) is 5.28. The number of rotatable bonds is 6. The summed E-state index contributed by atoms with van der Waals surface area (Å²) >= 11 is 0. The molecule has 0 N–H and O–H groups in total. The van der Waals surface area contributed by atoms with Crippen LogP contribution in [0.3, 0.4) is 0 Å². The molecule has 0 bridgehead atoms. The smallest absolute Gasteiger partial charge is 0.305 e. The lowest BCUT2D eigenvalue weighted by Crippen LogP contribution is -2.03. The predicted octanol–water partition coefficient (Wildman–Crippen LogP) is 2.78. The molecule has 0 fully saturated rings. The van der Waals surface area contributed by atoms with E-state index in [0.717, 1.165) is 6.42 Å². The summed E-state index contributed by atoms with van der Waals surface area (Å²) in [5, 5.41) is 0. The molecule has 0 unspecified atom stereocenters.